The summed E-state index contributed by atoms with van der Waals surface area (Å²) in [6.07, 6.45) is 9.72. The summed E-state index contributed by atoms with van der Waals surface area (Å²) in [5.74, 6) is 0.686. The number of pyridine rings is 1. The largest absolute Gasteiger partial charge is 0.475 e. The van der Waals surface area contributed by atoms with Crippen LogP contribution in [-0.4, -0.2) is 76.4 Å². The number of piperidine rings is 1. The highest BCUT2D eigenvalue weighted by Gasteiger charge is 2.49. The van der Waals surface area contributed by atoms with E-state index in [9.17, 15) is 9.18 Å². The normalized spacial score (nSPS) is 23.2. The monoisotopic (exact) mass is 671 g/mol. The third kappa shape index (κ3) is 5.30. The summed E-state index contributed by atoms with van der Waals surface area (Å²) in [4.78, 5) is 31.0. The zero-order valence-electron chi connectivity index (χ0n) is 27.4. The smallest absolute Gasteiger partial charge is 0.319 e. The number of carbonyl (C=O) groups is 1. The molecule has 12 heteroatoms. The lowest BCUT2D eigenvalue weighted by Crippen LogP contribution is -2.44. The number of halogens is 3. The topological polar surface area (TPSA) is 89.9 Å². The first kappa shape index (κ1) is 31.6. The van der Waals surface area contributed by atoms with Gasteiger partial charge >= 0.3 is 12.0 Å². The third-order valence-electron chi connectivity index (χ3n) is 10.4. The van der Waals surface area contributed by atoms with E-state index in [-0.39, 0.29) is 64.6 Å². The lowest BCUT2D eigenvalue weighted by atomic mass is 9.95. The van der Waals surface area contributed by atoms with Gasteiger partial charge in [-0.15, -0.1) is 6.42 Å². The van der Waals surface area contributed by atoms with Crippen molar-refractivity contribution < 1.29 is 32.2 Å². The minimum atomic E-state index is -0.936. The number of rotatable bonds is 6. The molecule has 0 spiro atoms. The number of fused-ring (bicyclic) bond motifs is 4. The lowest BCUT2D eigenvalue weighted by Gasteiger charge is -2.35. The van der Waals surface area contributed by atoms with Gasteiger partial charge in [0.2, 0.25) is 5.88 Å². The van der Waals surface area contributed by atoms with Gasteiger partial charge < -0.3 is 19.1 Å². The number of aromatic nitrogens is 3. The van der Waals surface area contributed by atoms with Gasteiger partial charge in [-0.05, 0) is 62.2 Å². The molecule has 4 aliphatic rings. The van der Waals surface area contributed by atoms with Crippen molar-refractivity contribution in [2.75, 3.05) is 37.7 Å². The van der Waals surface area contributed by atoms with Gasteiger partial charge in [0.05, 0.1) is 23.1 Å². The van der Waals surface area contributed by atoms with Crippen molar-refractivity contribution in [1.82, 2.24) is 19.9 Å². The number of alkyl halides is 1. The molecule has 9 nitrogen and oxygen atoms in total. The van der Waals surface area contributed by atoms with Crippen molar-refractivity contribution in [2.45, 2.75) is 70.1 Å². The van der Waals surface area contributed by atoms with Crippen molar-refractivity contribution in [3.8, 4) is 41.2 Å². The van der Waals surface area contributed by atoms with Crippen LogP contribution < -0.4 is 19.1 Å². The van der Waals surface area contributed by atoms with Crippen LogP contribution in [0.25, 0.3) is 32.9 Å². The van der Waals surface area contributed by atoms with Gasteiger partial charge in [-0.3, -0.25) is 9.69 Å². The second kappa shape index (κ2) is 12.1. The molecule has 4 aromatic rings. The fourth-order valence-electron chi connectivity index (χ4n) is 7.97. The molecule has 0 radical (unpaired) electrons. The minimum absolute atomic E-state index is 0.0286. The molecule has 8 rings (SSSR count). The Morgan fingerprint density at radius 3 is 2.82 bits per heavy atom. The zero-order valence-corrected chi connectivity index (χ0v) is 27.4. The molecule has 2 aromatic carbocycles. The number of terminal acetylenes is 1. The fraction of sp³-hybridized carbons (Fsp3) is 0.459. The van der Waals surface area contributed by atoms with E-state index in [1.54, 1.807) is 19.9 Å². The van der Waals surface area contributed by atoms with Gasteiger partial charge in [0.25, 0.3) is 0 Å². The van der Waals surface area contributed by atoms with Crippen molar-refractivity contribution in [1.29, 1.82) is 0 Å². The van der Waals surface area contributed by atoms with Gasteiger partial charge in [0.1, 0.15) is 53.4 Å². The number of benzene rings is 2. The van der Waals surface area contributed by atoms with Crippen LogP contribution in [0.1, 0.15) is 57.9 Å². The quantitative estimate of drug-likeness (QED) is 0.132. The molecule has 0 saturated carbocycles. The molecule has 3 saturated heterocycles. The van der Waals surface area contributed by atoms with E-state index in [0.29, 0.717) is 36.1 Å². The number of carbonyl (C=O) groups excluding carboxylic acids is 1. The molecule has 0 amide bonds. The predicted molar refractivity (Wildman–Crippen MR) is 178 cm³/mol. The molecular weight excluding hydrogens is 635 g/mol. The van der Waals surface area contributed by atoms with Crippen LogP contribution in [0.3, 0.4) is 0 Å². The van der Waals surface area contributed by atoms with Crippen LogP contribution >= 0.6 is 0 Å². The highest BCUT2D eigenvalue weighted by molar-refractivity contribution is 6.04. The van der Waals surface area contributed by atoms with E-state index in [4.69, 9.17) is 30.6 Å². The van der Waals surface area contributed by atoms with Crippen molar-refractivity contribution >= 4 is 33.5 Å². The summed E-state index contributed by atoms with van der Waals surface area (Å²) in [5.41, 5.74) is -0.726. The van der Waals surface area contributed by atoms with E-state index in [1.165, 1.54) is 18.2 Å². The Kier molecular flexibility index (Phi) is 7.78. The van der Waals surface area contributed by atoms with Gasteiger partial charge in [-0.1, -0.05) is 25.8 Å². The standard InChI is InChI=1S/C37H36F3N5O4/c1-4-25-27(39)10-9-21-14-24(49-35(46)20(2)3)15-26(28(21)25)31-30(40)32-29-33(45-13-6-5-8-23(45)18-47-34(29)41-31)43-36(42-32)48-19-37-11-7-12-44(37)17-22(38)16-37/h1,9-10,14-15,20,22-23H,5-8,11-13,16-19H2,2-3H3/t22-,23+,37+/m1/s1. The Hall–Kier alpha value is -4.63. The Balaban J connectivity index is 1.33. The predicted octanol–water partition coefficient (Wildman–Crippen LogP) is 6.37. The van der Waals surface area contributed by atoms with Crippen LogP contribution in [0.2, 0.25) is 0 Å². The second-order valence-corrected chi connectivity index (χ2v) is 13.9. The highest BCUT2D eigenvalue weighted by Crippen LogP contribution is 2.45. The van der Waals surface area contributed by atoms with E-state index < -0.39 is 35.2 Å². The van der Waals surface area contributed by atoms with Crippen LogP contribution in [0.5, 0.6) is 17.6 Å². The SMILES string of the molecule is C#Cc1c(F)ccc2cc(OC(=O)C(C)C)cc(-c3nc4c5c(nc(OC[C@@]67CCCN6C[C@H](F)C7)nc5c3F)N3CCCC[C@H]3CO4)c12. The van der Waals surface area contributed by atoms with E-state index in [2.05, 4.69) is 20.7 Å². The van der Waals surface area contributed by atoms with Crippen LogP contribution in [0, 0.1) is 29.9 Å². The number of hydrogen-bond acceptors (Lipinski definition) is 9. The summed E-state index contributed by atoms with van der Waals surface area (Å²) in [6.45, 7) is 5.70. The summed E-state index contributed by atoms with van der Waals surface area (Å²) in [6, 6.07) is 5.65. The Labute approximate surface area is 281 Å². The number of hydrogen-bond donors (Lipinski definition) is 0. The first-order valence-electron chi connectivity index (χ1n) is 16.9. The number of nitrogens with zero attached hydrogens (tertiary/aromatic N) is 5. The second-order valence-electron chi connectivity index (χ2n) is 13.9. The zero-order chi connectivity index (χ0) is 34.0. The van der Waals surface area contributed by atoms with Gasteiger partial charge in [-0.2, -0.15) is 9.97 Å². The molecule has 0 aliphatic carbocycles. The molecule has 0 N–H and O–H groups in total. The molecule has 2 aromatic heterocycles. The number of anilines is 1. The average Bonchev–Trinajstić information content (AvgIpc) is 3.56. The van der Waals surface area contributed by atoms with Gasteiger partial charge in [0, 0.05) is 30.5 Å². The van der Waals surface area contributed by atoms with E-state index >= 15 is 8.78 Å². The number of esters is 1. The van der Waals surface area contributed by atoms with Crippen molar-refractivity contribution in [3.05, 3.63) is 41.5 Å². The molecule has 0 unspecified atom stereocenters. The fourth-order valence-corrected chi connectivity index (χ4v) is 7.97. The van der Waals surface area contributed by atoms with Crippen LogP contribution in [0.15, 0.2) is 24.3 Å². The Bertz CT molecular complexity index is 2050. The maximum absolute atomic E-state index is 17.2. The molecule has 254 valence electrons. The van der Waals surface area contributed by atoms with Gasteiger partial charge in [0.15, 0.2) is 5.82 Å². The van der Waals surface area contributed by atoms with E-state index in [1.807, 2.05) is 0 Å². The first-order valence-corrected chi connectivity index (χ1v) is 16.9. The molecule has 0 bridgehead atoms. The van der Waals surface area contributed by atoms with Crippen LogP contribution in [0.4, 0.5) is 19.0 Å². The number of ether oxygens (including phenoxy) is 3. The van der Waals surface area contributed by atoms with Crippen molar-refractivity contribution in [2.24, 2.45) is 5.92 Å². The maximum atomic E-state index is 17.2. The third-order valence-corrected chi connectivity index (χ3v) is 10.4. The summed E-state index contributed by atoms with van der Waals surface area (Å²) in [5, 5.41) is 0.960. The van der Waals surface area contributed by atoms with E-state index in [0.717, 1.165) is 38.6 Å². The molecule has 3 fully saturated rings. The lowest BCUT2D eigenvalue weighted by molar-refractivity contribution is -0.137. The summed E-state index contributed by atoms with van der Waals surface area (Å²) >= 11 is 0. The van der Waals surface area contributed by atoms with Crippen molar-refractivity contribution in [3.63, 3.8) is 0 Å². The molecule has 6 heterocycles. The highest BCUT2D eigenvalue weighted by atomic mass is 19.1. The Morgan fingerprint density at radius 1 is 1.14 bits per heavy atom. The Morgan fingerprint density at radius 2 is 2.00 bits per heavy atom. The van der Waals surface area contributed by atoms with Gasteiger partial charge in [-0.25, -0.2) is 18.2 Å². The minimum Gasteiger partial charge on any atom is -0.475 e. The average molecular weight is 672 g/mol. The maximum Gasteiger partial charge on any atom is 0.319 e. The first-order chi connectivity index (χ1) is 23.7. The molecule has 4 aliphatic heterocycles. The summed E-state index contributed by atoms with van der Waals surface area (Å²) < 4.78 is 65.1. The molecular formula is C37H36F3N5O4. The summed E-state index contributed by atoms with van der Waals surface area (Å²) in [7, 11) is 0. The molecule has 3 atom stereocenters. The van der Waals surface area contributed by atoms with Crippen LogP contribution in [-0.2, 0) is 4.79 Å². The molecule has 49 heavy (non-hydrogen) atoms.